The SMILES string of the molecule is CC1CC1N(C(=O)CNC(=O)OC(C)(C)C)C(C(=O)NC(C)(C)C)c1ccccc1. The van der Waals surface area contributed by atoms with E-state index in [1.54, 1.807) is 25.7 Å². The Labute approximate surface area is 179 Å². The summed E-state index contributed by atoms with van der Waals surface area (Å²) in [4.78, 5) is 40.1. The minimum absolute atomic E-state index is 0.0474. The Bertz CT molecular complexity index is 765. The number of carbonyl (C=O) groups excluding carboxylic acids is 3. The van der Waals surface area contributed by atoms with E-state index in [1.807, 2.05) is 51.1 Å². The number of nitrogens with zero attached hydrogens (tertiary/aromatic N) is 1. The molecule has 1 aliphatic rings. The lowest BCUT2D eigenvalue weighted by Gasteiger charge is -2.34. The predicted molar refractivity (Wildman–Crippen MR) is 116 cm³/mol. The zero-order chi connectivity index (χ0) is 22.7. The molecule has 0 radical (unpaired) electrons. The monoisotopic (exact) mass is 417 g/mol. The molecule has 0 bridgehead atoms. The molecule has 3 unspecified atom stereocenters. The van der Waals surface area contributed by atoms with Crippen LogP contribution < -0.4 is 10.6 Å². The Morgan fingerprint density at radius 1 is 1.10 bits per heavy atom. The van der Waals surface area contributed by atoms with Crippen molar-refractivity contribution in [2.45, 2.75) is 78.1 Å². The van der Waals surface area contributed by atoms with Crippen LogP contribution in [0.3, 0.4) is 0 Å². The number of carbonyl (C=O) groups is 3. The van der Waals surface area contributed by atoms with Gasteiger partial charge >= 0.3 is 6.09 Å². The fourth-order valence-corrected chi connectivity index (χ4v) is 3.28. The zero-order valence-electron chi connectivity index (χ0n) is 19.1. The molecule has 0 saturated heterocycles. The van der Waals surface area contributed by atoms with Gasteiger partial charge in [-0.05, 0) is 59.4 Å². The van der Waals surface area contributed by atoms with Crippen molar-refractivity contribution in [2.24, 2.45) is 5.92 Å². The first-order chi connectivity index (χ1) is 13.8. The summed E-state index contributed by atoms with van der Waals surface area (Å²) in [5.41, 5.74) is -0.358. The number of nitrogens with one attached hydrogen (secondary N) is 2. The van der Waals surface area contributed by atoms with Gasteiger partial charge < -0.3 is 20.3 Å². The molecule has 3 atom stereocenters. The molecule has 1 aromatic rings. The lowest BCUT2D eigenvalue weighted by Crippen LogP contribution is -2.52. The highest BCUT2D eigenvalue weighted by Crippen LogP contribution is 2.40. The first kappa shape index (κ1) is 23.7. The van der Waals surface area contributed by atoms with Crippen molar-refractivity contribution in [1.29, 1.82) is 0 Å². The summed E-state index contributed by atoms with van der Waals surface area (Å²) in [6, 6.07) is 8.46. The van der Waals surface area contributed by atoms with Gasteiger partial charge in [0.2, 0.25) is 11.8 Å². The second kappa shape index (κ2) is 9.06. The molecule has 1 fully saturated rings. The standard InChI is InChI=1S/C23H35N3O4/c1-15-13-17(15)26(18(27)14-24-21(29)30-23(5,6)7)19(16-11-9-8-10-12-16)20(28)25-22(2,3)4/h8-12,15,17,19H,13-14H2,1-7H3,(H,24,29)(H,25,28). The number of hydrogen-bond acceptors (Lipinski definition) is 4. The number of ether oxygens (including phenoxy) is 1. The van der Waals surface area contributed by atoms with Crippen LogP contribution in [0.5, 0.6) is 0 Å². The topological polar surface area (TPSA) is 87.7 Å². The van der Waals surface area contributed by atoms with Crippen molar-refractivity contribution in [3.8, 4) is 0 Å². The normalized spacial score (nSPS) is 19.4. The van der Waals surface area contributed by atoms with Crippen LogP contribution in [0.1, 0.15) is 66.5 Å². The molecule has 2 rings (SSSR count). The molecule has 30 heavy (non-hydrogen) atoms. The van der Waals surface area contributed by atoms with Crippen LogP contribution in [0.15, 0.2) is 30.3 Å². The van der Waals surface area contributed by atoms with E-state index in [4.69, 9.17) is 4.74 Å². The van der Waals surface area contributed by atoms with Gasteiger partial charge in [0.25, 0.3) is 0 Å². The number of benzene rings is 1. The molecule has 7 nitrogen and oxygen atoms in total. The minimum Gasteiger partial charge on any atom is -0.444 e. The molecular formula is C23H35N3O4. The van der Waals surface area contributed by atoms with E-state index in [0.717, 1.165) is 12.0 Å². The van der Waals surface area contributed by atoms with Gasteiger partial charge in [-0.2, -0.15) is 0 Å². The van der Waals surface area contributed by atoms with Crippen LogP contribution in [-0.4, -0.2) is 46.5 Å². The van der Waals surface area contributed by atoms with Crippen LogP contribution in [0.4, 0.5) is 4.79 Å². The van der Waals surface area contributed by atoms with Crippen molar-refractivity contribution in [2.75, 3.05) is 6.54 Å². The van der Waals surface area contributed by atoms with Gasteiger partial charge in [0.1, 0.15) is 18.2 Å². The highest BCUT2D eigenvalue weighted by Gasteiger charge is 2.46. The Hall–Kier alpha value is -2.57. The summed E-state index contributed by atoms with van der Waals surface area (Å²) in [5, 5.41) is 5.53. The van der Waals surface area contributed by atoms with E-state index in [1.165, 1.54) is 0 Å². The zero-order valence-corrected chi connectivity index (χ0v) is 19.1. The smallest absolute Gasteiger partial charge is 0.408 e. The minimum atomic E-state index is -0.770. The van der Waals surface area contributed by atoms with Crippen molar-refractivity contribution in [3.63, 3.8) is 0 Å². The van der Waals surface area contributed by atoms with E-state index in [0.29, 0.717) is 5.92 Å². The maximum Gasteiger partial charge on any atom is 0.408 e. The number of alkyl carbamates (subject to hydrolysis) is 1. The lowest BCUT2D eigenvalue weighted by atomic mass is 10.0. The molecule has 1 saturated carbocycles. The average Bonchev–Trinajstić information content (AvgIpc) is 3.31. The molecule has 1 aromatic carbocycles. The molecule has 0 heterocycles. The van der Waals surface area contributed by atoms with Crippen LogP contribution in [-0.2, 0) is 14.3 Å². The van der Waals surface area contributed by atoms with Gasteiger partial charge in [0, 0.05) is 11.6 Å². The average molecular weight is 418 g/mol. The van der Waals surface area contributed by atoms with Crippen molar-refractivity contribution in [1.82, 2.24) is 15.5 Å². The molecule has 0 spiro atoms. The molecule has 0 aliphatic heterocycles. The van der Waals surface area contributed by atoms with E-state index < -0.39 is 23.3 Å². The van der Waals surface area contributed by atoms with Crippen LogP contribution in [0, 0.1) is 5.92 Å². The molecule has 7 heteroatoms. The molecule has 166 valence electrons. The highest BCUT2D eigenvalue weighted by atomic mass is 16.6. The quantitative estimate of drug-likeness (QED) is 0.743. The van der Waals surface area contributed by atoms with E-state index in [2.05, 4.69) is 17.6 Å². The second-order valence-electron chi connectivity index (χ2n) is 9.99. The van der Waals surface area contributed by atoms with Gasteiger partial charge in [-0.1, -0.05) is 37.3 Å². The summed E-state index contributed by atoms with van der Waals surface area (Å²) >= 11 is 0. The Morgan fingerprint density at radius 3 is 2.13 bits per heavy atom. The Morgan fingerprint density at radius 2 is 1.67 bits per heavy atom. The van der Waals surface area contributed by atoms with Crippen molar-refractivity contribution >= 4 is 17.9 Å². The van der Waals surface area contributed by atoms with E-state index >= 15 is 0 Å². The maximum atomic E-state index is 13.3. The highest BCUT2D eigenvalue weighted by molar-refractivity contribution is 5.91. The molecular weight excluding hydrogens is 382 g/mol. The van der Waals surface area contributed by atoms with Gasteiger partial charge in [0.15, 0.2) is 0 Å². The van der Waals surface area contributed by atoms with Crippen molar-refractivity contribution < 1.29 is 19.1 Å². The fourth-order valence-electron chi connectivity index (χ4n) is 3.28. The van der Waals surface area contributed by atoms with Crippen LogP contribution >= 0.6 is 0 Å². The van der Waals surface area contributed by atoms with Gasteiger partial charge in [-0.15, -0.1) is 0 Å². The largest absolute Gasteiger partial charge is 0.444 e. The van der Waals surface area contributed by atoms with Gasteiger partial charge in [0.05, 0.1) is 0 Å². The number of hydrogen-bond donors (Lipinski definition) is 2. The third kappa shape index (κ3) is 7.04. The van der Waals surface area contributed by atoms with Crippen molar-refractivity contribution in [3.05, 3.63) is 35.9 Å². The summed E-state index contributed by atoms with van der Waals surface area (Å²) in [6.07, 6.45) is 0.166. The van der Waals surface area contributed by atoms with Crippen LogP contribution in [0.25, 0.3) is 0 Å². The van der Waals surface area contributed by atoms with E-state index in [9.17, 15) is 14.4 Å². The third-order valence-electron chi connectivity index (χ3n) is 4.64. The third-order valence-corrected chi connectivity index (χ3v) is 4.64. The van der Waals surface area contributed by atoms with Gasteiger partial charge in [-0.3, -0.25) is 9.59 Å². The predicted octanol–water partition coefficient (Wildman–Crippen LogP) is 3.40. The Balaban J connectivity index is 2.27. The summed E-state index contributed by atoms with van der Waals surface area (Å²) in [7, 11) is 0. The lowest BCUT2D eigenvalue weighted by molar-refractivity contribution is -0.141. The maximum absolute atomic E-state index is 13.3. The fraction of sp³-hybridized carbons (Fsp3) is 0.609. The first-order valence-electron chi connectivity index (χ1n) is 10.4. The summed E-state index contributed by atoms with van der Waals surface area (Å²) < 4.78 is 5.22. The molecule has 0 aromatic heterocycles. The Kier molecular flexibility index (Phi) is 7.16. The molecule has 3 amide bonds. The summed E-state index contributed by atoms with van der Waals surface area (Å²) in [6.45, 7) is 12.8. The molecule has 1 aliphatic carbocycles. The second-order valence-corrected chi connectivity index (χ2v) is 9.99. The number of rotatable bonds is 6. The van der Waals surface area contributed by atoms with E-state index in [-0.39, 0.29) is 24.4 Å². The summed E-state index contributed by atoms with van der Waals surface area (Å²) in [5.74, 6) is -0.254. The number of amides is 3. The molecule has 2 N–H and O–H groups in total. The first-order valence-corrected chi connectivity index (χ1v) is 10.4. The van der Waals surface area contributed by atoms with Crippen LogP contribution in [0.2, 0.25) is 0 Å². The van der Waals surface area contributed by atoms with Gasteiger partial charge in [-0.25, -0.2) is 4.79 Å².